The molecule has 0 radical (unpaired) electrons. The molecular formula is C20H23NO4. The Morgan fingerprint density at radius 1 is 1.04 bits per heavy atom. The standard InChI is InChI=1S/C20H23NO4/c1-12-18(23)13(2)20(25-5)17(19(12)24)16(22)11-8-14-6-9-15(10-7-14)21(3)4/h6-11,23-24H,1-5H3/b11-8+. The number of phenols is 2. The summed E-state index contributed by atoms with van der Waals surface area (Å²) in [4.78, 5) is 14.6. The van der Waals surface area contributed by atoms with E-state index in [0.717, 1.165) is 11.3 Å². The fraction of sp³-hybridized carbons (Fsp3) is 0.250. The van der Waals surface area contributed by atoms with Crippen LogP contribution in [0, 0.1) is 13.8 Å². The number of carbonyl (C=O) groups is 1. The number of hydrogen-bond acceptors (Lipinski definition) is 5. The van der Waals surface area contributed by atoms with E-state index in [9.17, 15) is 15.0 Å². The normalized spacial score (nSPS) is 10.9. The third-order valence-electron chi connectivity index (χ3n) is 4.16. The van der Waals surface area contributed by atoms with Gasteiger partial charge in [0.25, 0.3) is 0 Å². The third kappa shape index (κ3) is 3.60. The zero-order valence-corrected chi connectivity index (χ0v) is 15.1. The summed E-state index contributed by atoms with van der Waals surface area (Å²) in [7, 11) is 5.31. The Labute approximate surface area is 147 Å². The van der Waals surface area contributed by atoms with Crippen LogP contribution in [0.1, 0.15) is 27.0 Å². The van der Waals surface area contributed by atoms with Crippen molar-refractivity contribution in [3.63, 3.8) is 0 Å². The van der Waals surface area contributed by atoms with E-state index in [0.29, 0.717) is 5.56 Å². The molecule has 2 aromatic rings. The third-order valence-corrected chi connectivity index (χ3v) is 4.16. The van der Waals surface area contributed by atoms with Crippen molar-refractivity contribution in [2.24, 2.45) is 0 Å². The lowest BCUT2D eigenvalue weighted by molar-refractivity contribution is 0.104. The second-order valence-corrected chi connectivity index (χ2v) is 6.04. The lowest BCUT2D eigenvalue weighted by atomic mass is 9.98. The minimum Gasteiger partial charge on any atom is -0.507 e. The van der Waals surface area contributed by atoms with E-state index in [-0.39, 0.29) is 28.4 Å². The minimum atomic E-state index is -0.391. The first-order valence-corrected chi connectivity index (χ1v) is 7.86. The predicted octanol–water partition coefficient (Wildman–Crippen LogP) is 3.69. The first-order valence-electron chi connectivity index (χ1n) is 7.86. The largest absolute Gasteiger partial charge is 0.507 e. The number of anilines is 1. The fourth-order valence-electron chi connectivity index (χ4n) is 2.61. The zero-order chi connectivity index (χ0) is 18.7. The van der Waals surface area contributed by atoms with Crippen molar-refractivity contribution in [1.82, 2.24) is 0 Å². The Balaban J connectivity index is 2.38. The Bertz CT molecular complexity index is 821. The molecule has 0 aliphatic heterocycles. The van der Waals surface area contributed by atoms with Gasteiger partial charge in [-0.1, -0.05) is 18.2 Å². The van der Waals surface area contributed by atoms with E-state index in [1.807, 2.05) is 43.3 Å². The van der Waals surface area contributed by atoms with Crippen LogP contribution in [-0.4, -0.2) is 37.2 Å². The van der Waals surface area contributed by atoms with Gasteiger partial charge in [-0.05, 0) is 37.6 Å². The topological polar surface area (TPSA) is 70.0 Å². The molecule has 25 heavy (non-hydrogen) atoms. The van der Waals surface area contributed by atoms with Gasteiger partial charge in [-0.3, -0.25) is 4.79 Å². The van der Waals surface area contributed by atoms with Gasteiger partial charge in [-0.15, -0.1) is 0 Å². The summed E-state index contributed by atoms with van der Waals surface area (Å²) >= 11 is 0. The van der Waals surface area contributed by atoms with Crippen LogP contribution in [0.5, 0.6) is 17.2 Å². The van der Waals surface area contributed by atoms with Gasteiger partial charge in [0.05, 0.1) is 7.11 Å². The lowest BCUT2D eigenvalue weighted by Gasteiger charge is -2.15. The molecule has 0 saturated carbocycles. The average molecular weight is 341 g/mol. The number of hydrogen-bond donors (Lipinski definition) is 2. The SMILES string of the molecule is COc1c(C)c(O)c(C)c(O)c1C(=O)/C=C/c1ccc(N(C)C)cc1. The second-order valence-electron chi connectivity index (χ2n) is 6.04. The first-order chi connectivity index (χ1) is 11.8. The molecule has 0 unspecified atom stereocenters. The molecule has 5 nitrogen and oxygen atoms in total. The maximum atomic E-state index is 12.6. The van der Waals surface area contributed by atoms with Crippen molar-refractivity contribution in [3.8, 4) is 17.2 Å². The maximum Gasteiger partial charge on any atom is 0.193 e. The maximum absolute atomic E-state index is 12.6. The molecule has 0 saturated heterocycles. The van der Waals surface area contributed by atoms with E-state index < -0.39 is 5.78 Å². The van der Waals surface area contributed by atoms with Crippen molar-refractivity contribution in [2.75, 3.05) is 26.1 Å². The summed E-state index contributed by atoms with van der Waals surface area (Å²) < 4.78 is 5.23. The fourth-order valence-corrected chi connectivity index (χ4v) is 2.61. The van der Waals surface area contributed by atoms with Crippen LogP contribution in [0.25, 0.3) is 6.08 Å². The zero-order valence-electron chi connectivity index (χ0n) is 15.1. The summed E-state index contributed by atoms with van der Waals surface area (Å²) in [6, 6.07) is 7.72. The van der Waals surface area contributed by atoms with Crippen LogP contribution in [-0.2, 0) is 0 Å². The molecule has 0 amide bonds. The van der Waals surface area contributed by atoms with Crippen molar-refractivity contribution in [3.05, 3.63) is 52.6 Å². The Morgan fingerprint density at radius 3 is 2.16 bits per heavy atom. The summed E-state index contributed by atoms with van der Waals surface area (Å²) in [5.41, 5.74) is 2.66. The van der Waals surface area contributed by atoms with Gasteiger partial charge in [0.15, 0.2) is 5.78 Å². The number of methoxy groups -OCH3 is 1. The Kier molecular flexibility index (Phi) is 5.37. The van der Waals surface area contributed by atoms with E-state index in [4.69, 9.17) is 4.74 Å². The van der Waals surface area contributed by atoms with Crippen molar-refractivity contribution in [2.45, 2.75) is 13.8 Å². The highest BCUT2D eigenvalue weighted by molar-refractivity contribution is 6.11. The van der Waals surface area contributed by atoms with E-state index in [1.165, 1.54) is 13.2 Å². The van der Waals surface area contributed by atoms with Gasteiger partial charge < -0.3 is 19.8 Å². The predicted molar refractivity (Wildman–Crippen MR) is 99.9 cm³/mol. The average Bonchev–Trinajstić information content (AvgIpc) is 2.61. The highest BCUT2D eigenvalue weighted by Gasteiger charge is 2.23. The van der Waals surface area contributed by atoms with Crippen molar-refractivity contribution >= 4 is 17.5 Å². The number of rotatable bonds is 5. The number of ketones is 1. The van der Waals surface area contributed by atoms with Gasteiger partial charge in [-0.2, -0.15) is 0 Å². The number of phenolic OH excluding ortho intramolecular Hbond substituents is 2. The van der Waals surface area contributed by atoms with Crippen molar-refractivity contribution < 1.29 is 19.7 Å². The molecule has 0 aliphatic rings. The van der Waals surface area contributed by atoms with Gasteiger partial charge in [-0.25, -0.2) is 0 Å². The van der Waals surface area contributed by atoms with Crippen molar-refractivity contribution in [1.29, 1.82) is 0 Å². The number of nitrogens with zero attached hydrogens (tertiary/aromatic N) is 1. The Morgan fingerprint density at radius 2 is 1.64 bits per heavy atom. The smallest absolute Gasteiger partial charge is 0.193 e. The van der Waals surface area contributed by atoms with Crippen LogP contribution in [0.15, 0.2) is 30.3 Å². The number of aromatic hydroxyl groups is 2. The van der Waals surface area contributed by atoms with Crippen LogP contribution in [0.2, 0.25) is 0 Å². The number of allylic oxidation sites excluding steroid dienone is 1. The molecule has 2 aromatic carbocycles. The molecule has 2 rings (SSSR count). The molecule has 2 N–H and O–H groups in total. The summed E-state index contributed by atoms with van der Waals surface area (Å²) in [5.74, 6) is -0.554. The molecule has 0 aromatic heterocycles. The van der Waals surface area contributed by atoms with E-state index >= 15 is 0 Å². The summed E-state index contributed by atoms with van der Waals surface area (Å²) in [5, 5.41) is 20.3. The number of ether oxygens (including phenoxy) is 1. The summed E-state index contributed by atoms with van der Waals surface area (Å²) in [6.07, 6.45) is 3.07. The minimum absolute atomic E-state index is 0.0523. The van der Waals surface area contributed by atoms with Crippen LogP contribution < -0.4 is 9.64 Å². The molecule has 0 aliphatic carbocycles. The van der Waals surface area contributed by atoms with E-state index in [2.05, 4.69) is 0 Å². The highest BCUT2D eigenvalue weighted by Crippen LogP contribution is 2.41. The monoisotopic (exact) mass is 341 g/mol. The highest BCUT2D eigenvalue weighted by atomic mass is 16.5. The molecule has 0 bridgehead atoms. The molecular weight excluding hydrogens is 318 g/mol. The van der Waals surface area contributed by atoms with Gasteiger partial charge in [0.1, 0.15) is 22.8 Å². The molecule has 5 heteroatoms. The number of carbonyl (C=O) groups excluding carboxylic acids is 1. The van der Waals surface area contributed by atoms with Crippen LogP contribution >= 0.6 is 0 Å². The summed E-state index contributed by atoms with van der Waals surface area (Å²) in [6.45, 7) is 3.19. The van der Waals surface area contributed by atoms with E-state index in [1.54, 1.807) is 19.9 Å². The lowest BCUT2D eigenvalue weighted by Crippen LogP contribution is -2.07. The molecule has 0 atom stereocenters. The van der Waals surface area contributed by atoms with Crippen LogP contribution in [0.4, 0.5) is 5.69 Å². The molecule has 0 spiro atoms. The van der Waals surface area contributed by atoms with Crippen LogP contribution in [0.3, 0.4) is 0 Å². The second kappa shape index (κ2) is 7.30. The molecule has 0 heterocycles. The van der Waals surface area contributed by atoms with Gasteiger partial charge in [0.2, 0.25) is 0 Å². The van der Waals surface area contributed by atoms with Gasteiger partial charge in [0, 0.05) is 30.9 Å². The molecule has 0 fully saturated rings. The quantitative estimate of drug-likeness (QED) is 0.641. The molecule has 132 valence electrons. The Hall–Kier alpha value is -2.95. The number of benzene rings is 2. The van der Waals surface area contributed by atoms with Gasteiger partial charge >= 0.3 is 0 Å². The first kappa shape index (κ1) is 18.4.